The van der Waals surface area contributed by atoms with Crippen molar-refractivity contribution in [3.63, 3.8) is 0 Å². The molecule has 3 nitrogen and oxygen atoms in total. The maximum Gasteiger partial charge on any atom is 0.105 e. The van der Waals surface area contributed by atoms with Gasteiger partial charge in [0, 0.05) is 18.6 Å². The van der Waals surface area contributed by atoms with E-state index >= 15 is 0 Å². The highest BCUT2D eigenvalue weighted by Gasteiger charge is 2.33. The molecule has 16 heavy (non-hydrogen) atoms. The molecular formula is C13H23N3. The second kappa shape index (κ2) is 4.73. The average Bonchev–Trinajstić information content (AvgIpc) is 2.97. The van der Waals surface area contributed by atoms with Crippen molar-refractivity contribution >= 4 is 0 Å². The predicted molar refractivity (Wildman–Crippen MR) is 65.1 cm³/mol. The van der Waals surface area contributed by atoms with Crippen LogP contribution < -0.4 is 5.32 Å². The molecule has 1 saturated heterocycles. The highest BCUT2D eigenvalue weighted by atomic mass is 15.2. The normalized spacial score (nSPS) is 29.9. The molecule has 0 radical (unpaired) electrons. The zero-order valence-corrected chi connectivity index (χ0v) is 10.5. The smallest absolute Gasteiger partial charge is 0.105 e. The van der Waals surface area contributed by atoms with Crippen LogP contribution in [-0.4, -0.2) is 35.6 Å². The Bertz CT molecular complexity index is 279. The summed E-state index contributed by atoms with van der Waals surface area (Å²) in [5.41, 5.74) is -0.316. The maximum absolute atomic E-state index is 9.27. The second-order valence-corrected chi connectivity index (χ2v) is 5.64. The van der Waals surface area contributed by atoms with Crippen molar-refractivity contribution in [1.29, 1.82) is 5.26 Å². The van der Waals surface area contributed by atoms with Gasteiger partial charge in [0.25, 0.3) is 0 Å². The highest BCUT2D eigenvalue weighted by molar-refractivity contribution is 5.07. The Morgan fingerprint density at radius 3 is 2.69 bits per heavy atom. The molecule has 1 N–H and O–H groups in total. The second-order valence-electron chi connectivity index (χ2n) is 5.64. The lowest BCUT2D eigenvalue weighted by atomic mass is 9.99. The monoisotopic (exact) mass is 221 g/mol. The number of nitriles is 1. The molecule has 90 valence electrons. The van der Waals surface area contributed by atoms with Crippen molar-refractivity contribution < 1.29 is 0 Å². The molecule has 1 saturated carbocycles. The zero-order chi connectivity index (χ0) is 11.6. The Balaban J connectivity index is 1.79. The van der Waals surface area contributed by atoms with Gasteiger partial charge >= 0.3 is 0 Å². The van der Waals surface area contributed by atoms with Crippen LogP contribution in [-0.2, 0) is 0 Å². The Morgan fingerprint density at radius 2 is 2.19 bits per heavy atom. The van der Waals surface area contributed by atoms with E-state index in [1.807, 2.05) is 6.92 Å². The summed E-state index contributed by atoms with van der Waals surface area (Å²) in [6, 6.07) is 3.77. The number of hydrogen-bond acceptors (Lipinski definition) is 3. The van der Waals surface area contributed by atoms with Gasteiger partial charge in [0.2, 0.25) is 0 Å². The fraction of sp³-hybridized carbons (Fsp3) is 0.923. The highest BCUT2D eigenvalue weighted by Crippen LogP contribution is 2.25. The van der Waals surface area contributed by atoms with Gasteiger partial charge in [-0.1, -0.05) is 0 Å². The first-order chi connectivity index (χ1) is 7.63. The van der Waals surface area contributed by atoms with Crippen LogP contribution in [0, 0.1) is 11.3 Å². The summed E-state index contributed by atoms with van der Waals surface area (Å²) in [7, 11) is 0. The number of hydrogen-bond donors (Lipinski definition) is 1. The van der Waals surface area contributed by atoms with Crippen molar-refractivity contribution in [2.45, 2.75) is 63.6 Å². The standard InChI is InChI=1S/C13H23N3/c1-11-4-3-8-16(11)9-7-13(2,10-14)15-12-5-6-12/h11-12,15H,3-9H2,1-2H3. The summed E-state index contributed by atoms with van der Waals surface area (Å²) in [5, 5.41) is 12.7. The van der Waals surface area contributed by atoms with Gasteiger partial charge in [0.1, 0.15) is 5.54 Å². The third-order valence-corrected chi connectivity index (χ3v) is 3.94. The summed E-state index contributed by atoms with van der Waals surface area (Å²) in [6.07, 6.45) is 6.08. The van der Waals surface area contributed by atoms with Crippen LogP contribution in [0.25, 0.3) is 0 Å². The minimum absolute atomic E-state index is 0.316. The van der Waals surface area contributed by atoms with Crippen LogP contribution in [0.15, 0.2) is 0 Å². The van der Waals surface area contributed by atoms with Crippen molar-refractivity contribution in [3.05, 3.63) is 0 Å². The molecule has 0 amide bonds. The average molecular weight is 221 g/mol. The van der Waals surface area contributed by atoms with E-state index in [9.17, 15) is 5.26 Å². The van der Waals surface area contributed by atoms with Gasteiger partial charge in [-0.15, -0.1) is 0 Å². The van der Waals surface area contributed by atoms with Crippen molar-refractivity contribution in [1.82, 2.24) is 10.2 Å². The Hall–Kier alpha value is -0.590. The molecule has 2 atom stereocenters. The zero-order valence-electron chi connectivity index (χ0n) is 10.5. The molecule has 2 fully saturated rings. The first-order valence-corrected chi connectivity index (χ1v) is 6.56. The van der Waals surface area contributed by atoms with Crippen LogP contribution >= 0.6 is 0 Å². The Kier molecular flexibility index (Phi) is 3.51. The van der Waals surface area contributed by atoms with Crippen LogP contribution in [0.5, 0.6) is 0 Å². The lowest BCUT2D eigenvalue weighted by Gasteiger charge is -2.28. The molecule has 0 bridgehead atoms. The van der Waals surface area contributed by atoms with E-state index < -0.39 is 0 Å². The van der Waals surface area contributed by atoms with Gasteiger partial charge in [-0.25, -0.2) is 0 Å². The van der Waals surface area contributed by atoms with E-state index in [1.54, 1.807) is 0 Å². The van der Waals surface area contributed by atoms with E-state index in [1.165, 1.54) is 32.2 Å². The minimum Gasteiger partial charge on any atom is -0.301 e. The largest absolute Gasteiger partial charge is 0.301 e. The van der Waals surface area contributed by atoms with E-state index in [2.05, 4.69) is 23.2 Å². The van der Waals surface area contributed by atoms with Gasteiger partial charge in [-0.2, -0.15) is 5.26 Å². The van der Waals surface area contributed by atoms with Gasteiger partial charge in [-0.3, -0.25) is 5.32 Å². The topological polar surface area (TPSA) is 39.1 Å². The predicted octanol–water partition coefficient (Wildman–Crippen LogP) is 1.90. The van der Waals surface area contributed by atoms with Gasteiger partial charge in [0.05, 0.1) is 6.07 Å². The van der Waals surface area contributed by atoms with E-state index in [0.717, 1.165) is 13.0 Å². The third kappa shape index (κ3) is 2.96. The SMILES string of the molecule is CC1CCCN1CCC(C)(C#N)NC1CC1. The number of likely N-dealkylation sites (tertiary alicyclic amines) is 1. The van der Waals surface area contributed by atoms with Crippen LogP contribution in [0.1, 0.15) is 46.0 Å². The Labute approximate surface area is 98.8 Å². The molecule has 1 heterocycles. The van der Waals surface area contributed by atoms with Crippen molar-refractivity contribution in [2.24, 2.45) is 0 Å². The first kappa shape index (κ1) is 11.9. The minimum atomic E-state index is -0.316. The lowest BCUT2D eigenvalue weighted by Crippen LogP contribution is -2.45. The van der Waals surface area contributed by atoms with Gasteiger partial charge in [-0.05, 0) is 52.5 Å². The summed E-state index contributed by atoms with van der Waals surface area (Å²) in [5.74, 6) is 0. The third-order valence-electron chi connectivity index (χ3n) is 3.94. The maximum atomic E-state index is 9.27. The van der Waals surface area contributed by atoms with Crippen molar-refractivity contribution in [2.75, 3.05) is 13.1 Å². The molecule has 0 aromatic rings. The lowest BCUT2D eigenvalue weighted by molar-refractivity contribution is 0.239. The molecular weight excluding hydrogens is 198 g/mol. The summed E-state index contributed by atoms with van der Waals surface area (Å²) < 4.78 is 0. The molecule has 2 unspecified atom stereocenters. The van der Waals surface area contributed by atoms with E-state index in [0.29, 0.717) is 12.1 Å². The van der Waals surface area contributed by atoms with Gasteiger partial charge < -0.3 is 4.90 Å². The van der Waals surface area contributed by atoms with Gasteiger partial charge in [0.15, 0.2) is 0 Å². The van der Waals surface area contributed by atoms with Crippen LogP contribution in [0.2, 0.25) is 0 Å². The number of rotatable bonds is 5. The summed E-state index contributed by atoms with van der Waals surface area (Å²) in [6.45, 7) is 6.62. The quantitative estimate of drug-likeness (QED) is 0.770. The molecule has 0 aromatic carbocycles. The fourth-order valence-corrected chi connectivity index (χ4v) is 2.53. The van der Waals surface area contributed by atoms with Crippen LogP contribution in [0.3, 0.4) is 0 Å². The molecule has 2 rings (SSSR count). The molecule has 0 aromatic heterocycles. The molecule has 3 heteroatoms. The molecule has 0 spiro atoms. The molecule has 1 aliphatic heterocycles. The molecule has 2 aliphatic rings. The summed E-state index contributed by atoms with van der Waals surface area (Å²) >= 11 is 0. The number of nitrogens with zero attached hydrogens (tertiary/aromatic N) is 2. The van der Waals surface area contributed by atoms with Crippen LogP contribution in [0.4, 0.5) is 0 Å². The number of nitrogens with one attached hydrogen (secondary N) is 1. The van der Waals surface area contributed by atoms with E-state index in [-0.39, 0.29) is 5.54 Å². The summed E-state index contributed by atoms with van der Waals surface area (Å²) in [4.78, 5) is 2.52. The molecule has 1 aliphatic carbocycles. The Morgan fingerprint density at radius 1 is 1.44 bits per heavy atom. The fourth-order valence-electron chi connectivity index (χ4n) is 2.53. The van der Waals surface area contributed by atoms with E-state index in [4.69, 9.17) is 0 Å². The first-order valence-electron chi connectivity index (χ1n) is 6.56. The van der Waals surface area contributed by atoms with Crippen molar-refractivity contribution in [3.8, 4) is 6.07 Å².